The summed E-state index contributed by atoms with van der Waals surface area (Å²) in [7, 11) is 0. The summed E-state index contributed by atoms with van der Waals surface area (Å²) in [5.41, 5.74) is 9.17. The largest absolute Gasteiger partial charge is 0.396 e. The molecule has 1 aromatic rings. The summed E-state index contributed by atoms with van der Waals surface area (Å²) in [6.07, 6.45) is 3.08. The second kappa shape index (κ2) is 5.16. The highest BCUT2D eigenvalue weighted by atomic mass is 16.3. The first kappa shape index (κ1) is 11.2. The standard InChI is InChI=1S/C14H17NO/c15-8-2-5-12-3-1-4-13-7-6-11(10-16)9-14(12)13/h1,3-4,11,16H,6-10,15H2/t11-/m0/s1. The first-order valence-electron chi connectivity index (χ1n) is 5.75. The van der Waals surface area contributed by atoms with E-state index in [-0.39, 0.29) is 6.61 Å². The van der Waals surface area contributed by atoms with Gasteiger partial charge in [0, 0.05) is 12.2 Å². The minimum atomic E-state index is 0.276. The molecule has 0 radical (unpaired) electrons. The summed E-state index contributed by atoms with van der Waals surface area (Å²) in [6.45, 7) is 0.672. The van der Waals surface area contributed by atoms with Gasteiger partial charge < -0.3 is 10.8 Å². The van der Waals surface area contributed by atoms with Crippen molar-refractivity contribution >= 4 is 0 Å². The van der Waals surface area contributed by atoms with Crippen molar-refractivity contribution in [2.45, 2.75) is 19.3 Å². The summed E-state index contributed by atoms with van der Waals surface area (Å²) in [6, 6.07) is 6.26. The Balaban J connectivity index is 2.34. The molecule has 0 heterocycles. The highest BCUT2D eigenvalue weighted by Crippen LogP contribution is 2.27. The normalized spacial score (nSPS) is 18.5. The molecule has 1 aromatic carbocycles. The summed E-state index contributed by atoms with van der Waals surface area (Å²) in [5.74, 6) is 6.42. The first-order chi connectivity index (χ1) is 7.85. The van der Waals surface area contributed by atoms with E-state index in [4.69, 9.17) is 5.73 Å². The van der Waals surface area contributed by atoms with Gasteiger partial charge in [-0.2, -0.15) is 0 Å². The van der Waals surface area contributed by atoms with Crippen molar-refractivity contribution in [3.63, 3.8) is 0 Å². The maximum atomic E-state index is 9.23. The van der Waals surface area contributed by atoms with Gasteiger partial charge in [-0.05, 0) is 42.4 Å². The van der Waals surface area contributed by atoms with Crippen LogP contribution in [0.4, 0.5) is 0 Å². The van der Waals surface area contributed by atoms with Crippen molar-refractivity contribution in [3.8, 4) is 11.8 Å². The zero-order valence-corrected chi connectivity index (χ0v) is 9.37. The highest BCUT2D eigenvalue weighted by Gasteiger charge is 2.19. The Labute approximate surface area is 96.5 Å². The van der Waals surface area contributed by atoms with E-state index < -0.39 is 0 Å². The third-order valence-corrected chi connectivity index (χ3v) is 3.17. The molecule has 1 aliphatic carbocycles. The van der Waals surface area contributed by atoms with Crippen LogP contribution in [0.3, 0.4) is 0 Å². The molecule has 0 aromatic heterocycles. The van der Waals surface area contributed by atoms with Gasteiger partial charge >= 0.3 is 0 Å². The lowest BCUT2D eigenvalue weighted by atomic mass is 9.82. The Kier molecular flexibility index (Phi) is 3.61. The monoisotopic (exact) mass is 215 g/mol. The van der Waals surface area contributed by atoms with E-state index in [1.807, 2.05) is 6.07 Å². The third-order valence-electron chi connectivity index (χ3n) is 3.17. The van der Waals surface area contributed by atoms with E-state index in [1.54, 1.807) is 0 Å². The molecule has 0 saturated heterocycles. The minimum Gasteiger partial charge on any atom is -0.396 e. The summed E-state index contributed by atoms with van der Waals surface area (Å²) in [5, 5.41) is 9.23. The van der Waals surface area contributed by atoms with Gasteiger partial charge in [-0.25, -0.2) is 0 Å². The Hall–Kier alpha value is -1.30. The van der Waals surface area contributed by atoms with Crippen molar-refractivity contribution in [1.82, 2.24) is 0 Å². The van der Waals surface area contributed by atoms with Crippen LogP contribution in [-0.2, 0) is 12.8 Å². The van der Waals surface area contributed by atoms with Gasteiger partial charge in [0.05, 0.1) is 6.54 Å². The van der Waals surface area contributed by atoms with Crippen molar-refractivity contribution in [2.75, 3.05) is 13.2 Å². The van der Waals surface area contributed by atoms with Crippen LogP contribution in [0.5, 0.6) is 0 Å². The van der Waals surface area contributed by atoms with Crippen molar-refractivity contribution in [1.29, 1.82) is 0 Å². The summed E-state index contributed by atoms with van der Waals surface area (Å²) >= 11 is 0. The van der Waals surface area contributed by atoms with Crippen molar-refractivity contribution < 1.29 is 5.11 Å². The fourth-order valence-electron chi connectivity index (χ4n) is 2.28. The van der Waals surface area contributed by atoms with Gasteiger partial charge in [0.1, 0.15) is 0 Å². The van der Waals surface area contributed by atoms with Crippen LogP contribution in [-0.4, -0.2) is 18.3 Å². The number of nitrogens with two attached hydrogens (primary N) is 1. The molecule has 16 heavy (non-hydrogen) atoms. The van der Waals surface area contributed by atoms with Crippen molar-refractivity contribution in [3.05, 3.63) is 34.9 Å². The van der Waals surface area contributed by atoms with Gasteiger partial charge in [-0.3, -0.25) is 0 Å². The van der Waals surface area contributed by atoms with Gasteiger partial charge in [-0.15, -0.1) is 0 Å². The molecule has 0 bridgehead atoms. The maximum absolute atomic E-state index is 9.23. The number of aliphatic hydroxyl groups is 1. The average molecular weight is 215 g/mol. The maximum Gasteiger partial charge on any atom is 0.0555 e. The SMILES string of the molecule is NCC#Cc1cccc2c1C[C@@H](CO)CC2. The summed E-state index contributed by atoms with van der Waals surface area (Å²) in [4.78, 5) is 0. The Morgan fingerprint density at radius 3 is 3.06 bits per heavy atom. The zero-order chi connectivity index (χ0) is 11.4. The van der Waals surface area contributed by atoms with E-state index in [9.17, 15) is 5.11 Å². The van der Waals surface area contributed by atoms with Crippen molar-refractivity contribution in [2.24, 2.45) is 11.7 Å². The molecule has 2 rings (SSSR count). The van der Waals surface area contributed by atoms with Crippen LogP contribution in [0, 0.1) is 17.8 Å². The van der Waals surface area contributed by atoms with Crippen LogP contribution in [0.2, 0.25) is 0 Å². The number of rotatable bonds is 1. The summed E-state index contributed by atoms with van der Waals surface area (Å²) < 4.78 is 0. The molecule has 1 atom stereocenters. The molecule has 0 aliphatic heterocycles. The molecular weight excluding hydrogens is 198 g/mol. The van der Waals surface area contributed by atoms with E-state index >= 15 is 0 Å². The fraction of sp³-hybridized carbons (Fsp3) is 0.429. The van der Waals surface area contributed by atoms with E-state index in [2.05, 4.69) is 24.0 Å². The number of hydrogen-bond acceptors (Lipinski definition) is 2. The molecule has 0 saturated carbocycles. The number of hydrogen-bond donors (Lipinski definition) is 2. The Morgan fingerprint density at radius 1 is 1.44 bits per heavy atom. The van der Waals surface area contributed by atoms with Gasteiger partial charge in [0.2, 0.25) is 0 Å². The van der Waals surface area contributed by atoms with E-state index in [1.165, 1.54) is 11.1 Å². The minimum absolute atomic E-state index is 0.276. The van der Waals surface area contributed by atoms with Gasteiger partial charge in [0.25, 0.3) is 0 Å². The predicted molar refractivity (Wildman–Crippen MR) is 65.0 cm³/mol. The second-order valence-electron chi connectivity index (χ2n) is 4.24. The number of fused-ring (bicyclic) bond motifs is 1. The lowest BCUT2D eigenvalue weighted by molar-refractivity contribution is 0.213. The molecular formula is C14H17NO. The first-order valence-corrected chi connectivity index (χ1v) is 5.75. The third kappa shape index (κ3) is 2.27. The molecule has 0 unspecified atom stereocenters. The molecule has 1 aliphatic rings. The second-order valence-corrected chi connectivity index (χ2v) is 4.24. The van der Waals surface area contributed by atoms with Crippen LogP contribution in [0.1, 0.15) is 23.1 Å². The predicted octanol–water partition coefficient (Wildman–Crippen LogP) is 1.09. The fourth-order valence-corrected chi connectivity index (χ4v) is 2.28. The topological polar surface area (TPSA) is 46.2 Å². The average Bonchev–Trinajstić information content (AvgIpc) is 2.35. The molecule has 84 valence electrons. The molecule has 2 heteroatoms. The highest BCUT2D eigenvalue weighted by molar-refractivity contribution is 5.47. The quantitative estimate of drug-likeness (QED) is 0.689. The van der Waals surface area contributed by atoms with Gasteiger partial charge in [-0.1, -0.05) is 24.0 Å². The molecule has 0 spiro atoms. The Bertz CT molecular complexity index is 428. The van der Waals surface area contributed by atoms with E-state index in [0.29, 0.717) is 12.5 Å². The number of benzene rings is 1. The molecule has 0 fully saturated rings. The Morgan fingerprint density at radius 2 is 2.31 bits per heavy atom. The molecule has 0 amide bonds. The van der Waals surface area contributed by atoms with Gasteiger partial charge in [0.15, 0.2) is 0 Å². The lowest BCUT2D eigenvalue weighted by Crippen LogP contribution is -2.18. The smallest absolute Gasteiger partial charge is 0.0555 e. The van der Waals surface area contributed by atoms with Crippen LogP contribution in [0.15, 0.2) is 18.2 Å². The molecule has 3 N–H and O–H groups in total. The number of aliphatic hydroxyl groups excluding tert-OH is 1. The van der Waals surface area contributed by atoms with Crippen LogP contribution in [0.25, 0.3) is 0 Å². The van der Waals surface area contributed by atoms with Crippen LogP contribution < -0.4 is 5.73 Å². The lowest BCUT2D eigenvalue weighted by Gasteiger charge is -2.23. The number of aryl methyl sites for hydroxylation is 1. The molecule has 2 nitrogen and oxygen atoms in total. The zero-order valence-electron chi connectivity index (χ0n) is 9.37. The van der Waals surface area contributed by atoms with E-state index in [0.717, 1.165) is 24.8 Å². The van der Waals surface area contributed by atoms with Crippen LogP contribution >= 0.6 is 0 Å².